The molecule has 0 fully saturated rings. The van der Waals surface area contributed by atoms with Gasteiger partial charge in [0.1, 0.15) is 11.9 Å². The lowest BCUT2D eigenvalue weighted by Crippen LogP contribution is -2.17. The average molecular weight is 333 g/mol. The highest BCUT2D eigenvalue weighted by molar-refractivity contribution is 9.11. The van der Waals surface area contributed by atoms with Crippen LogP contribution in [0.3, 0.4) is 0 Å². The van der Waals surface area contributed by atoms with Crippen molar-refractivity contribution in [3.8, 4) is 5.75 Å². The maximum Gasteiger partial charge on any atom is 0.145 e. The second-order valence-corrected chi connectivity index (χ2v) is 6.37. The minimum absolute atomic E-state index is 0.134. The molecule has 17 heavy (non-hydrogen) atoms. The molecule has 1 aromatic carbocycles. The molecule has 0 saturated heterocycles. The van der Waals surface area contributed by atoms with E-state index >= 15 is 0 Å². The Balaban J connectivity index is 2.15. The Morgan fingerprint density at radius 1 is 1.35 bits per heavy atom. The minimum atomic E-state index is -0.134. The van der Waals surface area contributed by atoms with E-state index in [1.807, 2.05) is 30.3 Å². The van der Waals surface area contributed by atoms with Gasteiger partial charge in [-0.2, -0.15) is 0 Å². The van der Waals surface area contributed by atoms with Crippen LogP contribution in [-0.2, 0) is 0 Å². The van der Waals surface area contributed by atoms with Gasteiger partial charge in [-0.05, 0) is 46.3 Å². The molecule has 1 heterocycles. The van der Waals surface area contributed by atoms with E-state index in [9.17, 15) is 0 Å². The van der Waals surface area contributed by atoms with E-state index in [1.165, 1.54) is 0 Å². The first kappa shape index (κ1) is 12.9. The second kappa shape index (κ2) is 5.87. The van der Waals surface area contributed by atoms with Crippen LogP contribution in [0.25, 0.3) is 0 Å². The van der Waals surface area contributed by atoms with Gasteiger partial charge in [0.05, 0.1) is 3.79 Å². The molecule has 2 nitrogen and oxygen atoms in total. The predicted molar refractivity (Wildman–Crippen MR) is 75.9 cm³/mol. The zero-order valence-electron chi connectivity index (χ0n) is 8.90. The van der Waals surface area contributed by atoms with Crippen LogP contribution >= 0.6 is 38.9 Å². The largest absolute Gasteiger partial charge is 0.484 e. The second-order valence-electron chi connectivity index (χ2n) is 3.44. The Morgan fingerprint density at radius 2 is 2.18 bits per heavy atom. The highest BCUT2D eigenvalue weighted by Crippen LogP contribution is 2.30. The Kier molecular flexibility index (Phi) is 4.45. The van der Waals surface area contributed by atoms with E-state index in [0.29, 0.717) is 11.6 Å². The van der Waals surface area contributed by atoms with Crippen molar-refractivity contribution in [2.75, 3.05) is 6.54 Å². The van der Waals surface area contributed by atoms with E-state index in [1.54, 1.807) is 17.4 Å². The first-order chi connectivity index (χ1) is 8.19. The maximum atomic E-state index is 5.91. The van der Waals surface area contributed by atoms with Crippen LogP contribution in [0.2, 0.25) is 5.02 Å². The van der Waals surface area contributed by atoms with Crippen LogP contribution < -0.4 is 10.5 Å². The first-order valence-corrected chi connectivity index (χ1v) is 7.05. The Bertz CT molecular complexity index is 503. The molecule has 0 amide bonds. The molecular weight excluding hydrogens is 322 g/mol. The molecule has 2 rings (SSSR count). The van der Waals surface area contributed by atoms with Crippen LogP contribution in [0.15, 0.2) is 40.2 Å². The molecule has 1 unspecified atom stereocenters. The summed E-state index contributed by atoms with van der Waals surface area (Å²) >= 11 is 11.0. The highest BCUT2D eigenvalue weighted by atomic mass is 79.9. The summed E-state index contributed by atoms with van der Waals surface area (Å²) < 4.78 is 6.89. The third kappa shape index (κ3) is 3.45. The first-order valence-electron chi connectivity index (χ1n) is 5.06. The van der Waals surface area contributed by atoms with Gasteiger partial charge in [-0.25, -0.2) is 0 Å². The Hall–Kier alpha value is -0.550. The molecule has 0 bridgehead atoms. The number of rotatable bonds is 4. The number of thiophene rings is 1. The van der Waals surface area contributed by atoms with Crippen molar-refractivity contribution in [2.24, 2.45) is 5.73 Å². The van der Waals surface area contributed by atoms with Gasteiger partial charge < -0.3 is 10.5 Å². The van der Waals surface area contributed by atoms with E-state index in [0.717, 1.165) is 14.4 Å². The third-order valence-corrected chi connectivity index (χ3v) is 4.15. The Morgan fingerprint density at radius 3 is 2.76 bits per heavy atom. The monoisotopic (exact) mass is 331 g/mol. The standard InChI is InChI=1S/C12H11BrClNOS/c13-12-5-4-11(17-12)10(7-15)16-9-3-1-2-8(14)6-9/h1-6,10H,7,15H2. The van der Waals surface area contributed by atoms with Crippen molar-refractivity contribution in [2.45, 2.75) is 6.10 Å². The normalized spacial score (nSPS) is 12.4. The van der Waals surface area contributed by atoms with Crippen LogP contribution in [0.4, 0.5) is 0 Å². The van der Waals surface area contributed by atoms with Gasteiger partial charge in [0.25, 0.3) is 0 Å². The highest BCUT2D eigenvalue weighted by Gasteiger charge is 2.13. The molecule has 2 aromatic rings. The maximum absolute atomic E-state index is 5.91. The summed E-state index contributed by atoms with van der Waals surface area (Å²) in [6.45, 7) is 0.430. The molecule has 2 N–H and O–H groups in total. The number of hydrogen-bond donors (Lipinski definition) is 1. The summed E-state index contributed by atoms with van der Waals surface area (Å²) in [5, 5.41) is 0.658. The molecule has 0 aliphatic heterocycles. The number of hydrogen-bond acceptors (Lipinski definition) is 3. The summed E-state index contributed by atoms with van der Waals surface area (Å²) in [4.78, 5) is 1.10. The number of nitrogens with two attached hydrogens (primary N) is 1. The van der Waals surface area contributed by atoms with Crippen molar-refractivity contribution in [3.63, 3.8) is 0 Å². The van der Waals surface area contributed by atoms with E-state index < -0.39 is 0 Å². The van der Waals surface area contributed by atoms with E-state index in [4.69, 9.17) is 22.1 Å². The van der Waals surface area contributed by atoms with Gasteiger partial charge in [-0.3, -0.25) is 0 Å². The molecule has 0 aliphatic carbocycles. The van der Waals surface area contributed by atoms with Gasteiger partial charge in [-0.15, -0.1) is 11.3 Å². The van der Waals surface area contributed by atoms with Gasteiger partial charge in [0.15, 0.2) is 0 Å². The molecule has 1 aromatic heterocycles. The number of ether oxygens (including phenoxy) is 1. The van der Waals surface area contributed by atoms with Crippen molar-refractivity contribution in [3.05, 3.63) is 50.1 Å². The zero-order chi connectivity index (χ0) is 12.3. The van der Waals surface area contributed by atoms with Gasteiger partial charge in [0, 0.05) is 16.4 Å². The lowest BCUT2D eigenvalue weighted by molar-refractivity contribution is 0.218. The van der Waals surface area contributed by atoms with Gasteiger partial charge in [-0.1, -0.05) is 17.7 Å². The van der Waals surface area contributed by atoms with Crippen molar-refractivity contribution >= 4 is 38.9 Å². The molecular formula is C12H11BrClNOS. The van der Waals surface area contributed by atoms with Crippen molar-refractivity contribution in [1.29, 1.82) is 0 Å². The van der Waals surface area contributed by atoms with Crippen LogP contribution in [0.1, 0.15) is 11.0 Å². The van der Waals surface area contributed by atoms with Gasteiger partial charge in [0.2, 0.25) is 0 Å². The van der Waals surface area contributed by atoms with Crippen LogP contribution in [-0.4, -0.2) is 6.54 Å². The fourth-order valence-corrected chi connectivity index (χ4v) is 3.07. The average Bonchev–Trinajstić information content (AvgIpc) is 2.73. The quantitative estimate of drug-likeness (QED) is 0.908. The molecule has 1 atom stereocenters. The number of halogens is 2. The molecule has 0 spiro atoms. The lowest BCUT2D eigenvalue weighted by atomic mass is 10.3. The molecule has 5 heteroatoms. The summed E-state index contributed by atoms with van der Waals surface area (Å²) in [5.41, 5.74) is 5.73. The molecule has 90 valence electrons. The smallest absolute Gasteiger partial charge is 0.145 e. The third-order valence-electron chi connectivity index (χ3n) is 2.20. The van der Waals surface area contributed by atoms with E-state index in [2.05, 4.69) is 15.9 Å². The predicted octanol–water partition coefficient (Wildman–Crippen LogP) is 4.24. The van der Waals surface area contributed by atoms with Crippen molar-refractivity contribution in [1.82, 2.24) is 0 Å². The molecule has 0 aliphatic rings. The zero-order valence-corrected chi connectivity index (χ0v) is 12.1. The molecule has 0 saturated carbocycles. The summed E-state index contributed by atoms with van der Waals surface area (Å²) in [7, 11) is 0. The lowest BCUT2D eigenvalue weighted by Gasteiger charge is -2.16. The van der Waals surface area contributed by atoms with E-state index in [-0.39, 0.29) is 6.10 Å². The van der Waals surface area contributed by atoms with Gasteiger partial charge >= 0.3 is 0 Å². The topological polar surface area (TPSA) is 35.2 Å². The molecule has 0 radical (unpaired) electrons. The summed E-state index contributed by atoms with van der Waals surface area (Å²) in [6.07, 6.45) is -0.134. The van der Waals surface area contributed by atoms with Crippen LogP contribution in [0, 0.1) is 0 Å². The SMILES string of the molecule is NCC(Oc1cccc(Cl)c1)c1ccc(Br)s1. The number of benzene rings is 1. The Labute approximate surface area is 117 Å². The fourth-order valence-electron chi connectivity index (χ4n) is 1.43. The van der Waals surface area contributed by atoms with Crippen molar-refractivity contribution < 1.29 is 4.74 Å². The summed E-state index contributed by atoms with van der Waals surface area (Å²) in [6, 6.07) is 11.3. The van der Waals surface area contributed by atoms with Crippen LogP contribution in [0.5, 0.6) is 5.75 Å². The minimum Gasteiger partial charge on any atom is -0.484 e. The fraction of sp³-hybridized carbons (Fsp3) is 0.167. The summed E-state index contributed by atoms with van der Waals surface area (Å²) in [5.74, 6) is 0.734.